The molecule has 0 aromatic heterocycles. The van der Waals surface area contributed by atoms with Crippen molar-refractivity contribution >= 4 is 17.9 Å². The Balaban J connectivity index is 4.46. The van der Waals surface area contributed by atoms with Gasteiger partial charge in [0.1, 0.15) is 13.2 Å². The number of hydrogen-bond acceptors (Lipinski definition) is 6. The predicted molar refractivity (Wildman–Crippen MR) is 251 cm³/mol. The van der Waals surface area contributed by atoms with Gasteiger partial charge in [-0.05, 0) is 103 Å². The van der Waals surface area contributed by atoms with Crippen LogP contribution in [-0.2, 0) is 28.6 Å². The van der Waals surface area contributed by atoms with Gasteiger partial charge in [0.2, 0.25) is 0 Å². The molecule has 0 saturated carbocycles. The zero-order valence-corrected chi connectivity index (χ0v) is 38.5. The lowest BCUT2D eigenvalue weighted by Gasteiger charge is -2.18. The molecule has 0 amide bonds. The summed E-state index contributed by atoms with van der Waals surface area (Å²) >= 11 is 0. The molecular weight excluding hydrogens is 733 g/mol. The van der Waals surface area contributed by atoms with Crippen LogP contribution < -0.4 is 0 Å². The van der Waals surface area contributed by atoms with Crippen molar-refractivity contribution in [1.82, 2.24) is 0 Å². The Hall–Kier alpha value is -3.15. The van der Waals surface area contributed by atoms with E-state index in [0.717, 1.165) is 57.8 Å². The van der Waals surface area contributed by atoms with Gasteiger partial charge in [-0.2, -0.15) is 0 Å². The van der Waals surface area contributed by atoms with Crippen LogP contribution in [0.15, 0.2) is 72.9 Å². The summed E-state index contributed by atoms with van der Waals surface area (Å²) in [4.78, 5) is 37.8. The molecule has 0 radical (unpaired) electrons. The fourth-order valence-electron chi connectivity index (χ4n) is 6.43. The average molecular weight is 823 g/mol. The van der Waals surface area contributed by atoms with Crippen LogP contribution in [0.4, 0.5) is 0 Å². The summed E-state index contributed by atoms with van der Waals surface area (Å²) in [5.74, 6) is -1.01. The van der Waals surface area contributed by atoms with Crippen LogP contribution in [-0.4, -0.2) is 37.2 Å². The van der Waals surface area contributed by atoms with E-state index < -0.39 is 6.10 Å². The van der Waals surface area contributed by atoms with Gasteiger partial charge in [-0.1, -0.05) is 177 Å². The van der Waals surface area contributed by atoms with Crippen molar-refractivity contribution < 1.29 is 28.6 Å². The molecule has 0 aliphatic heterocycles. The summed E-state index contributed by atoms with van der Waals surface area (Å²) in [5, 5.41) is 0. The Morgan fingerprint density at radius 3 is 1.05 bits per heavy atom. The van der Waals surface area contributed by atoms with E-state index in [-0.39, 0.29) is 37.5 Å². The molecule has 6 nitrogen and oxygen atoms in total. The number of carbonyl (C=O) groups is 3. The molecule has 0 saturated heterocycles. The molecule has 1 atom stereocenters. The summed E-state index contributed by atoms with van der Waals surface area (Å²) in [7, 11) is 0. The van der Waals surface area contributed by atoms with Crippen molar-refractivity contribution in [3.05, 3.63) is 72.9 Å². The van der Waals surface area contributed by atoms with Crippen LogP contribution in [0.3, 0.4) is 0 Å². The maximum absolute atomic E-state index is 12.7. The minimum Gasteiger partial charge on any atom is -0.462 e. The van der Waals surface area contributed by atoms with E-state index in [2.05, 4.69) is 93.7 Å². The van der Waals surface area contributed by atoms with Crippen molar-refractivity contribution in [2.45, 2.75) is 232 Å². The molecule has 338 valence electrons. The van der Waals surface area contributed by atoms with Crippen molar-refractivity contribution in [2.75, 3.05) is 13.2 Å². The molecule has 0 aliphatic rings. The second-order valence-electron chi connectivity index (χ2n) is 16.0. The highest BCUT2D eigenvalue weighted by atomic mass is 16.6. The first-order valence-electron chi connectivity index (χ1n) is 24.4. The number of allylic oxidation sites excluding steroid dienone is 12. The van der Waals surface area contributed by atoms with Gasteiger partial charge in [0.15, 0.2) is 6.10 Å². The van der Waals surface area contributed by atoms with E-state index in [4.69, 9.17) is 14.2 Å². The van der Waals surface area contributed by atoms with E-state index in [1.165, 1.54) is 116 Å². The number of rotatable bonds is 43. The van der Waals surface area contributed by atoms with Gasteiger partial charge in [-0.15, -0.1) is 0 Å². The third-order valence-electron chi connectivity index (χ3n) is 10.2. The summed E-state index contributed by atoms with van der Waals surface area (Å²) in [6, 6.07) is 0. The molecule has 0 heterocycles. The molecule has 0 aromatic carbocycles. The van der Waals surface area contributed by atoms with Gasteiger partial charge < -0.3 is 14.2 Å². The summed E-state index contributed by atoms with van der Waals surface area (Å²) in [6.45, 7) is 6.47. The first-order valence-corrected chi connectivity index (χ1v) is 24.4. The number of carbonyl (C=O) groups excluding carboxylic acids is 3. The van der Waals surface area contributed by atoms with Crippen LogP contribution >= 0.6 is 0 Å². The van der Waals surface area contributed by atoms with Crippen molar-refractivity contribution in [3.8, 4) is 0 Å². The average Bonchev–Trinajstić information content (AvgIpc) is 3.23. The fourth-order valence-corrected chi connectivity index (χ4v) is 6.43. The lowest BCUT2D eigenvalue weighted by atomic mass is 10.1. The van der Waals surface area contributed by atoms with Crippen LogP contribution in [0.2, 0.25) is 0 Å². The summed E-state index contributed by atoms with van der Waals surface area (Å²) in [5.41, 5.74) is 0. The second kappa shape index (κ2) is 47.5. The minimum atomic E-state index is -0.808. The molecule has 6 heteroatoms. The lowest BCUT2D eigenvalue weighted by Crippen LogP contribution is -2.30. The largest absolute Gasteiger partial charge is 0.462 e. The quantitative estimate of drug-likeness (QED) is 0.0264. The topological polar surface area (TPSA) is 78.9 Å². The Morgan fingerprint density at radius 2 is 0.627 bits per heavy atom. The fraction of sp³-hybridized carbons (Fsp3) is 0.717. The second-order valence-corrected chi connectivity index (χ2v) is 16.0. The Morgan fingerprint density at radius 1 is 0.339 bits per heavy atom. The molecule has 0 N–H and O–H groups in total. The maximum Gasteiger partial charge on any atom is 0.306 e. The van der Waals surface area contributed by atoms with E-state index in [9.17, 15) is 14.4 Å². The summed E-state index contributed by atoms with van der Waals surface area (Å²) in [6.07, 6.45) is 59.0. The zero-order valence-electron chi connectivity index (χ0n) is 38.5. The Bertz CT molecular complexity index is 1130. The number of unbranched alkanes of at least 4 members (excludes halogenated alkanes) is 20. The number of ether oxygens (including phenoxy) is 3. The SMILES string of the molecule is CCCCC/C=C\C/C=C\C/C=C\C/C=C\CCCC(=O)OCC(COC(=O)CCC/C=C\CCCCCC)OC(=O)CCCCCCCCC/C=C\CCCCCC. The highest BCUT2D eigenvalue weighted by Crippen LogP contribution is 2.13. The smallest absolute Gasteiger partial charge is 0.306 e. The van der Waals surface area contributed by atoms with E-state index in [1.54, 1.807) is 0 Å². The molecule has 0 aliphatic carbocycles. The zero-order chi connectivity index (χ0) is 43.0. The summed E-state index contributed by atoms with van der Waals surface area (Å²) < 4.78 is 16.6. The van der Waals surface area contributed by atoms with E-state index in [0.29, 0.717) is 25.7 Å². The maximum atomic E-state index is 12.7. The molecule has 0 aromatic rings. The van der Waals surface area contributed by atoms with Crippen molar-refractivity contribution in [2.24, 2.45) is 0 Å². The Kier molecular flexibility index (Phi) is 45.0. The molecule has 0 rings (SSSR count). The van der Waals surface area contributed by atoms with Gasteiger partial charge in [0.25, 0.3) is 0 Å². The first-order chi connectivity index (χ1) is 29.0. The minimum absolute atomic E-state index is 0.110. The van der Waals surface area contributed by atoms with E-state index in [1.807, 2.05) is 0 Å². The van der Waals surface area contributed by atoms with Gasteiger partial charge in [-0.25, -0.2) is 0 Å². The molecule has 59 heavy (non-hydrogen) atoms. The molecule has 0 spiro atoms. The van der Waals surface area contributed by atoms with Gasteiger partial charge in [0, 0.05) is 19.3 Å². The van der Waals surface area contributed by atoms with Crippen LogP contribution in [0.1, 0.15) is 226 Å². The Labute approximate surface area is 363 Å². The highest BCUT2D eigenvalue weighted by Gasteiger charge is 2.19. The van der Waals surface area contributed by atoms with Crippen LogP contribution in [0.25, 0.3) is 0 Å². The lowest BCUT2D eigenvalue weighted by molar-refractivity contribution is -0.167. The number of hydrogen-bond donors (Lipinski definition) is 0. The van der Waals surface area contributed by atoms with Crippen LogP contribution in [0.5, 0.6) is 0 Å². The van der Waals surface area contributed by atoms with Crippen molar-refractivity contribution in [1.29, 1.82) is 0 Å². The normalized spacial score (nSPS) is 12.7. The highest BCUT2D eigenvalue weighted by molar-refractivity contribution is 5.71. The van der Waals surface area contributed by atoms with Gasteiger partial charge in [0.05, 0.1) is 0 Å². The third-order valence-corrected chi connectivity index (χ3v) is 10.2. The molecule has 0 bridgehead atoms. The third kappa shape index (κ3) is 45.8. The van der Waals surface area contributed by atoms with Gasteiger partial charge >= 0.3 is 17.9 Å². The molecular formula is C53H90O6. The molecule has 1 unspecified atom stereocenters. The first kappa shape index (κ1) is 55.9. The standard InChI is InChI=1S/C53H90O6/c1-4-7-10-13-16-19-21-23-25-26-28-29-31-34-37-40-43-46-52(55)58-49-50(48-57-51(54)45-42-39-36-33-18-15-12-9-6-3)59-53(56)47-44-41-38-35-32-30-27-24-22-20-17-14-11-8-5-2/h16,19-20,22-23,25,28-29,33-34,36-37,50H,4-15,17-18,21,24,26-27,30-32,35,38-49H2,1-3H3/b19-16-,22-20-,25-23-,29-28-,36-33-,37-34-. The monoisotopic (exact) mass is 823 g/mol. The van der Waals surface area contributed by atoms with Crippen LogP contribution in [0, 0.1) is 0 Å². The predicted octanol–water partition coefficient (Wildman–Crippen LogP) is 15.9. The van der Waals surface area contributed by atoms with Crippen molar-refractivity contribution in [3.63, 3.8) is 0 Å². The molecule has 0 fully saturated rings. The number of esters is 3. The van der Waals surface area contributed by atoms with E-state index >= 15 is 0 Å². The van der Waals surface area contributed by atoms with Gasteiger partial charge in [-0.3, -0.25) is 14.4 Å².